The molecule has 1 aromatic carbocycles. The summed E-state index contributed by atoms with van der Waals surface area (Å²) in [4.78, 5) is 27.2. The molecular weight excluding hydrogens is 344 g/mol. The van der Waals surface area contributed by atoms with Crippen molar-refractivity contribution < 1.29 is 14.3 Å². The van der Waals surface area contributed by atoms with E-state index < -0.39 is 12.0 Å². The van der Waals surface area contributed by atoms with Crippen LogP contribution in [0.2, 0.25) is 0 Å². The minimum atomic E-state index is -0.563. The second-order valence-electron chi connectivity index (χ2n) is 6.33. The van der Waals surface area contributed by atoms with Gasteiger partial charge in [0, 0.05) is 12.7 Å². The molecule has 0 fully saturated rings. The van der Waals surface area contributed by atoms with Crippen LogP contribution in [0, 0.1) is 6.92 Å². The van der Waals surface area contributed by atoms with E-state index in [1.54, 1.807) is 22.7 Å². The zero-order chi connectivity index (χ0) is 19.4. The third-order valence-electron chi connectivity index (χ3n) is 4.46. The molecule has 142 valence electrons. The van der Waals surface area contributed by atoms with Gasteiger partial charge in [0.1, 0.15) is 0 Å². The van der Waals surface area contributed by atoms with Crippen molar-refractivity contribution in [3.05, 3.63) is 65.1 Å². The molecule has 2 amide bonds. The van der Waals surface area contributed by atoms with E-state index in [4.69, 9.17) is 4.74 Å². The Balaban J connectivity index is 2.14. The van der Waals surface area contributed by atoms with Crippen molar-refractivity contribution in [1.82, 2.24) is 20.0 Å². The highest BCUT2D eigenvalue weighted by molar-refractivity contribution is 5.95. The number of amides is 2. The molecule has 1 aliphatic rings. The van der Waals surface area contributed by atoms with Crippen LogP contribution >= 0.6 is 0 Å². The Kier molecular flexibility index (Phi) is 5.59. The fourth-order valence-electron chi connectivity index (χ4n) is 3.26. The predicted octanol–water partition coefficient (Wildman–Crippen LogP) is 2.80. The molecule has 1 atom stereocenters. The molecule has 0 saturated carbocycles. The number of rotatable bonds is 6. The Morgan fingerprint density at radius 1 is 1.26 bits per heavy atom. The largest absolute Gasteiger partial charge is 0.463 e. The van der Waals surface area contributed by atoms with E-state index in [0.717, 1.165) is 11.1 Å². The number of hydrogen-bond acceptors (Lipinski definition) is 4. The number of aryl methyl sites for hydroxylation is 1. The quantitative estimate of drug-likeness (QED) is 0.796. The summed E-state index contributed by atoms with van der Waals surface area (Å²) in [5, 5.41) is 7.26. The first-order chi connectivity index (χ1) is 13.0. The molecule has 0 aliphatic carbocycles. The van der Waals surface area contributed by atoms with Gasteiger partial charge in [0.15, 0.2) is 0 Å². The van der Waals surface area contributed by atoms with Crippen LogP contribution in [0.15, 0.2) is 54.0 Å². The number of benzene rings is 1. The van der Waals surface area contributed by atoms with Crippen molar-refractivity contribution in [3.8, 4) is 0 Å². The zero-order valence-corrected chi connectivity index (χ0v) is 15.8. The van der Waals surface area contributed by atoms with Gasteiger partial charge in [-0.15, -0.1) is 0 Å². The van der Waals surface area contributed by atoms with Crippen molar-refractivity contribution in [2.24, 2.45) is 0 Å². The average Bonchev–Trinajstić information content (AvgIpc) is 3.07. The first-order valence-electron chi connectivity index (χ1n) is 9.07. The standard InChI is InChI=1S/C20H24N4O3/c1-4-24-16(13-23-12-14(3)11-21-23)17(19(25)27-5-2)18(22-20(24)26)15-9-7-6-8-10-15/h6-12,18H,4-5,13H2,1-3H3,(H,22,26)/t18-/m1/s1. The lowest BCUT2D eigenvalue weighted by atomic mass is 9.94. The van der Waals surface area contributed by atoms with E-state index in [-0.39, 0.29) is 12.6 Å². The van der Waals surface area contributed by atoms with Gasteiger partial charge in [-0.3, -0.25) is 9.58 Å². The predicted molar refractivity (Wildman–Crippen MR) is 101 cm³/mol. The van der Waals surface area contributed by atoms with Gasteiger partial charge in [-0.1, -0.05) is 30.3 Å². The van der Waals surface area contributed by atoms with Crippen LogP contribution in [0.4, 0.5) is 4.79 Å². The normalized spacial score (nSPS) is 17.1. The van der Waals surface area contributed by atoms with E-state index in [9.17, 15) is 9.59 Å². The maximum absolute atomic E-state index is 12.9. The van der Waals surface area contributed by atoms with Gasteiger partial charge in [0.2, 0.25) is 0 Å². The number of hydrogen-bond donors (Lipinski definition) is 1. The van der Waals surface area contributed by atoms with E-state index in [1.165, 1.54) is 0 Å². The molecule has 0 bridgehead atoms. The van der Waals surface area contributed by atoms with Gasteiger partial charge in [-0.2, -0.15) is 5.10 Å². The van der Waals surface area contributed by atoms with E-state index in [0.29, 0.717) is 24.4 Å². The van der Waals surface area contributed by atoms with Crippen molar-refractivity contribution in [2.45, 2.75) is 33.4 Å². The van der Waals surface area contributed by atoms with E-state index in [1.807, 2.05) is 50.4 Å². The maximum Gasteiger partial charge on any atom is 0.338 e. The number of ether oxygens (including phenoxy) is 1. The highest BCUT2D eigenvalue weighted by atomic mass is 16.5. The van der Waals surface area contributed by atoms with Crippen LogP contribution in [0.1, 0.15) is 31.0 Å². The second kappa shape index (κ2) is 8.07. The fraction of sp³-hybridized carbons (Fsp3) is 0.350. The molecule has 2 heterocycles. The average molecular weight is 368 g/mol. The molecule has 7 heteroatoms. The Morgan fingerprint density at radius 3 is 2.59 bits per heavy atom. The number of urea groups is 1. The monoisotopic (exact) mass is 368 g/mol. The zero-order valence-electron chi connectivity index (χ0n) is 15.8. The first-order valence-corrected chi connectivity index (χ1v) is 9.07. The molecule has 3 rings (SSSR count). The molecule has 0 unspecified atom stereocenters. The Morgan fingerprint density at radius 2 is 2.00 bits per heavy atom. The number of nitrogens with zero attached hydrogens (tertiary/aromatic N) is 3. The summed E-state index contributed by atoms with van der Waals surface area (Å²) >= 11 is 0. The first kappa shape index (κ1) is 18.7. The Bertz CT molecular complexity index is 857. The number of allylic oxidation sites excluding steroid dienone is 1. The van der Waals surface area contributed by atoms with Gasteiger partial charge in [-0.25, -0.2) is 9.59 Å². The van der Waals surface area contributed by atoms with Crippen LogP contribution in [-0.4, -0.2) is 39.8 Å². The third kappa shape index (κ3) is 3.86. The Hall–Kier alpha value is -3.09. The minimum absolute atomic E-state index is 0.238. The Labute approximate surface area is 158 Å². The van der Waals surface area contributed by atoms with Crippen molar-refractivity contribution in [2.75, 3.05) is 13.2 Å². The summed E-state index contributed by atoms with van der Waals surface area (Å²) in [5.74, 6) is -0.427. The second-order valence-corrected chi connectivity index (χ2v) is 6.33. The summed E-state index contributed by atoms with van der Waals surface area (Å²) in [6.07, 6.45) is 3.63. The SMILES string of the molecule is CCOC(=O)C1=C(Cn2cc(C)cn2)N(CC)C(=O)N[C@@H]1c1ccccc1. The number of likely N-dealkylation sites (N-methyl/N-ethyl adjacent to an activating group) is 1. The lowest BCUT2D eigenvalue weighted by molar-refractivity contribution is -0.139. The molecule has 0 spiro atoms. The summed E-state index contributed by atoms with van der Waals surface area (Å²) < 4.78 is 7.06. The molecule has 1 aliphatic heterocycles. The molecular formula is C20H24N4O3. The number of aromatic nitrogens is 2. The highest BCUT2D eigenvalue weighted by Crippen LogP contribution is 2.32. The van der Waals surface area contributed by atoms with Crippen molar-refractivity contribution >= 4 is 12.0 Å². The molecule has 0 radical (unpaired) electrons. The highest BCUT2D eigenvalue weighted by Gasteiger charge is 2.37. The third-order valence-corrected chi connectivity index (χ3v) is 4.46. The maximum atomic E-state index is 12.9. The molecule has 7 nitrogen and oxygen atoms in total. The topological polar surface area (TPSA) is 76.5 Å². The van der Waals surface area contributed by atoms with Crippen molar-refractivity contribution in [3.63, 3.8) is 0 Å². The van der Waals surface area contributed by atoms with Gasteiger partial charge in [0.25, 0.3) is 0 Å². The van der Waals surface area contributed by atoms with Gasteiger partial charge >= 0.3 is 12.0 Å². The van der Waals surface area contributed by atoms with Gasteiger partial charge in [-0.05, 0) is 31.9 Å². The lowest BCUT2D eigenvalue weighted by Crippen LogP contribution is -2.49. The number of carbonyl (C=O) groups excluding carboxylic acids is 2. The fourth-order valence-corrected chi connectivity index (χ4v) is 3.26. The lowest BCUT2D eigenvalue weighted by Gasteiger charge is -2.36. The van der Waals surface area contributed by atoms with Crippen LogP contribution < -0.4 is 5.32 Å². The summed E-state index contributed by atoms with van der Waals surface area (Å²) in [6.45, 7) is 6.60. The molecule has 2 aromatic rings. The van der Waals surface area contributed by atoms with Gasteiger partial charge < -0.3 is 10.1 Å². The number of nitrogens with one attached hydrogen (secondary N) is 1. The number of carbonyl (C=O) groups is 2. The van der Waals surface area contributed by atoms with E-state index >= 15 is 0 Å². The molecule has 1 aromatic heterocycles. The van der Waals surface area contributed by atoms with Crippen LogP contribution in [0.25, 0.3) is 0 Å². The summed E-state index contributed by atoms with van der Waals surface area (Å²) in [5.41, 5.74) is 2.89. The summed E-state index contributed by atoms with van der Waals surface area (Å²) in [7, 11) is 0. The van der Waals surface area contributed by atoms with Crippen LogP contribution in [0.5, 0.6) is 0 Å². The number of esters is 1. The summed E-state index contributed by atoms with van der Waals surface area (Å²) in [6, 6.07) is 8.64. The smallest absolute Gasteiger partial charge is 0.338 e. The van der Waals surface area contributed by atoms with Crippen molar-refractivity contribution in [1.29, 1.82) is 0 Å². The van der Waals surface area contributed by atoms with Crippen LogP contribution in [0.3, 0.4) is 0 Å². The van der Waals surface area contributed by atoms with Gasteiger partial charge in [0.05, 0.1) is 36.7 Å². The van der Waals surface area contributed by atoms with Crippen LogP contribution in [-0.2, 0) is 16.1 Å². The molecule has 1 N–H and O–H groups in total. The molecule has 0 saturated heterocycles. The minimum Gasteiger partial charge on any atom is -0.463 e. The van der Waals surface area contributed by atoms with E-state index in [2.05, 4.69) is 10.4 Å². The molecule has 27 heavy (non-hydrogen) atoms.